The zero-order valence-electron chi connectivity index (χ0n) is 19.6. The summed E-state index contributed by atoms with van der Waals surface area (Å²) < 4.78 is 16.2. The van der Waals surface area contributed by atoms with Crippen molar-refractivity contribution in [3.8, 4) is 17.2 Å². The highest BCUT2D eigenvalue weighted by atomic mass is 32.2. The van der Waals surface area contributed by atoms with Crippen molar-refractivity contribution in [2.24, 2.45) is 0 Å². The minimum Gasteiger partial charge on any atom is -0.496 e. The van der Waals surface area contributed by atoms with Gasteiger partial charge < -0.3 is 24.8 Å². The lowest BCUT2D eigenvalue weighted by Crippen LogP contribution is -2.22. The second kappa shape index (κ2) is 12.0. The van der Waals surface area contributed by atoms with Crippen molar-refractivity contribution in [3.63, 3.8) is 0 Å². The van der Waals surface area contributed by atoms with E-state index in [1.165, 1.54) is 26.0 Å². The van der Waals surface area contributed by atoms with Gasteiger partial charge in [0.1, 0.15) is 22.8 Å². The molecule has 0 spiro atoms. The number of ether oxygens (including phenoxy) is 3. The SMILES string of the molecule is CCOc1ccccc1NC(=O)C(C)Sc1cccc(NC(=O)c2c(OC)cccc2OC)c1. The van der Waals surface area contributed by atoms with E-state index in [0.717, 1.165) is 4.90 Å². The van der Waals surface area contributed by atoms with Crippen molar-refractivity contribution in [1.82, 2.24) is 0 Å². The predicted octanol–water partition coefficient (Wildman–Crippen LogP) is 5.47. The van der Waals surface area contributed by atoms with E-state index in [2.05, 4.69) is 10.6 Å². The molecule has 0 aliphatic rings. The van der Waals surface area contributed by atoms with Crippen LogP contribution in [-0.2, 0) is 4.79 Å². The summed E-state index contributed by atoms with van der Waals surface area (Å²) in [5.74, 6) is 0.965. The summed E-state index contributed by atoms with van der Waals surface area (Å²) in [4.78, 5) is 26.6. The molecule has 7 nitrogen and oxygen atoms in total. The van der Waals surface area contributed by atoms with Crippen molar-refractivity contribution >= 4 is 35.0 Å². The van der Waals surface area contributed by atoms with Gasteiger partial charge in [0.05, 0.1) is 31.8 Å². The third kappa shape index (κ3) is 6.23. The van der Waals surface area contributed by atoms with E-state index in [0.29, 0.717) is 40.8 Å². The van der Waals surface area contributed by atoms with Gasteiger partial charge in [-0.3, -0.25) is 9.59 Å². The van der Waals surface area contributed by atoms with Crippen molar-refractivity contribution < 1.29 is 23.8 Å². The normalized spacial score (nSPS) is 11.3. The number of carbonyl (C=O) groups is 2. The van der Waals surface area contributed by atoms with Crippen LogP contribution in [0.2, 0.25) is 0 Å². The number of rotatable bonds is 10. The van der Waals surface area contributed by atoms with Gasteiger partial charge in [-0.05, 0) is 56.3 Å². The molecule has 178 valence electrons. The summed E-state index contributed by atoms with van der Waals surface area (Å²) in [6.45, 7) is 4.23. The van der Waals surface area contributed by atoms with Crippen molar-refractivity contribution in [2.45, 2.75) is 24.0 Å². The van der Waals surface area contributed by atoms with Crippen LogP contribution < -0.4 is 24.8 Å². The van der Waals surface area contributed by atoms with E-state index in [9.17, 15) is 9.59 Å². The topological polar surface area (TPSA) is 85.9 Å². The third-order valence-corrected chi connectivity index (χ3v) is 5.97. The second-order valence-electron chi connectivity index (χ2n) is 7.20. The molecule has 3 aromatic rings. The Hall–Kier alpha value is -3.65. The number of methoxy groups -OCH3 is 2. The monoisotopic (exact) mass is 480 g/mol. The van der Waals surface area contributed by atoms with E-state index in [1.807, 2.05) is 56.3 Å². The molecule has 0 fully saturated rings. The molecule has 0 radical (unpaired) electrons. The summed E-state index contributed by atoms with van der Waals surface area (Å²) in [5.41, 5.74) is 1.54. The van der Waals surface area contributed by atoms with Gasteiger partial charge in [0.25, 0.3) is 5.91 Å². The third-order valence-electron chi connectivity index (χ3n) is 4.87. The quantitative estimate of drug-likeness (QED) is 0.374. The molecule has 0 bridgehead atoms. The molecule has 0 saturated carbocycles. The van der Waals surface area contributed by atoms with E-state index in [4.69, 9.17) is 14.2 Å². The van der Waals surface area contributed by atoms with Crippen molar-refractivity contribution in [1.29, 1.82) is 0 Å². The maximum Gasteiger partial charge on any atom is 0.263 e. The Morgan fingerprint density at radius 3 is 2.21 bits per heavy atom. The smallest absolute Gasteiger partial charge is 0.263 e. The number of nitrogens with one attached hydrogen (secondary N) is 2. The highest BCUT2D eigenvalue weighted by Gasteiger charge is 2.19. The largest absolute Gasteiger partial charge is 0.496 e. The standard InChI is InChI=1S/C26H28N2O5S/c1-5-33-21-13-7-6-12-20(21)28-25(29)17(2)34-19-11-8-10-18(16-19)27-26(30)24-22(31-3)14-9-15-23(24)32-4/h6-17H,5H2,1-4H3,(H,27,30)(H,28,29). The lowest BCUT2D eigenvalue weighted by atomic mass is 10.1. The highest BCUT2D eigenvalue weighted by Crippen LogP contribution is 2.31. The number of thioether (sulfide) groups is 1. The lowest BCUT2D eigenvalue weighted by Gasteiger charge is -2.16. The average Bonchev–Trinajstić information content (AvgIpc) is 2.84. The minimum atomic E-state index is -0.380. The average molecular weight is 481 g/mol. The number of para-hydroxylation sites is 2. The van der Waals surface area contributed by atoms with Crippen LogP contribution in [-0.4, -0.2) is 37.9 Å². The summed E-state index contributed by atoms with van der Waals surface area (Å²) >= 11 is 1.39. The molecule has 0 heterocycles. The molecule has 0 aliphatic heterocycles. The molecule has 34 heavy (non-hydrogen) atoms. The van der Waals surface area contributed by atoms with Crippen molar-refractivity contribution in [3.05, 3.63) is 72.3 Å². The molecule has 1 unspecified atom stereocenters. The first-order chi connectivity index (χ1) is 16.5. The fraction of sp³-hybridized carbons (Fsp3) is 0.231. The molecular weight excluding hydrogens is 452 g/mol. The Kier molecular flexibility index (Phi) is 8.81. The van der Waals surface area contributed by atoms with Crippen LogP contribution in [0, 0.1) is 0 Å². The van der Waals surface area contributed by atoms with E-state index in [-0.39, 0.29) is 17.1 Å². The maximum atomic E-state index is 12.9. The second-order valence-corrected chi connectivity index (χ2v) is 8.61. The molecule has 3 aromatic carbocycles. The van der Waals surface area contributed by atoms with Crippen LogP contribution >= 0.6 is 11.8 Å². The van der Waals surface area contributed by atoms with Gasteiger partial charge in [0, 0.05) is 10.6 Å². The minimum absolute atomic E-state index is 0.148. The first-order valence-electron chi connectivity index (χ1n) is 10.8. The van der Waals surface area contributed by atoms with Gasteiger partial charge in [-0.25, -0.2) is 0 Å². The molecule has 2 N–H and O–H groups in total. The summed E-state index contributed by atoms with van der Waals surface area (Å²) in [7, 11) is 3.00. The summed E-state index contributed by atoms with van der Waals surface area (Å²) in [6.07, 6.45) is 0. The van der Waals surface area contributed by atoms with Gasteiger partial charge in [0.2, 0.25) is 5.91 Å². The Morgan fingerprint density at radius 1 is 0.882 bits per heavy atom. The van der Waals surface area contributed by atoms with Crippen LogP contribution in [0.3, 0.4) is 0 Å². The summed E-state index contributed by atoms with van der Waals surface area (Å²) in [5, 5.41) is 5.43. The van der Waals surface area contributed by atoms with Gasteiger partial charge in [-0.15, -0.1) is 11.8 Å². The number of carbonyl (C=O) groups excluding carboxylic acids is 2. The maximum absolute atomic E-state index is 12.9. The molecule has 3 rings (SSSR count). The fourth-order valence-corrected chi connectivity index (χ4v) is 4.19. The molecular formula is C26H28N2O5S. The van der Waals surface area contributed by atoms with E-state index >= 15 is 0 Å². The number of hydrogen-bond donors (Lipinski definition) is 2. The number of anilines is 2. The molecule has 0 aromatic heterocycles. The van der Waals surface area contributed by atoms with E-state index in [1.54, 1.807) is 24.3 Å². The van der Waals surface area contributed by atoms with Gasteiger partial charge >= 0.3 is 0 Å². The van der Waals surface area contributed by atoms with Gasteiger partial charge in [-0.2, -0.15) is 0 Å². The zero-order valence-corrected chi connectivity index (χ0v) is 20.4. The first kappa shape index (κ1) is 25.0. The molecule has 0 aliphatic carbocycles. The van der Waals surface area contributed by atoms with Crippen molar-refractivity contribution in [2.75, 3.05) is 31.5 Å². The van der Waals surface area contributed by atoms with Crippen LogP contribution in [0.5, 0.6) is 17.2 Å². The van der Waals surface area contributed by atoms with Crippen LogP contribution in [0.25, 0.3) is 0 Å². The Morgan fingerprint density at radius 2 is 1.53 bits per heavy atom. The summed E-state index contributed by atoms with van der Waals surface area (Å²) in [6, 6.07) is 19.8. The fourth-order valence-electron chi connectivity index (χ4n) is 3.26. The van der Waals surface area contributed by atoms with Crippen LogP contribution in [0.4, 0.5) is 11.4 Å². The first-order valence-corrected chi connectivity index (χ1v) is 11.7. The zero-order chi connectivity index (χ0) is 24.5. The molecule has 2 amide bonds. The van der Waals surface area contributed by atoms with Gasteiger partial charge in [0.15, 0.2) is 0 Å². The Labute approximate surface area is 203 Å². The number of hydrogen-bond acceptors (Lipinski definition) is 6. The highest BCUT2D eigenvalue weighted by molar-refractivity contribution is 8.00. The molecule has 1 atom stereocenters. The van der Waals surface area contributed by atoms with Gasteiger partial charge in [-0.1, -0.05) is 24.3 Å². The Bertz CT molecular complexity index is 1130. The predicted molar refractivity (Wildman–Crippen MR) is 136 cm³/mol. The van der Waals surface area contributed by atoms with Crippen LogP contribution in [0.15, 0.2) is 71.6 Å². The van der Waals surface area contributed by atoms with E-state index < -0.39 is 0 Å². The Balaban J connectivity index is 1.69. The number of amides is 2. The lowest BCUT2D eigenvalue weighted by molar-refractivity contribution is -0.115. The molecule has 8 heteroatoms. The molecule has 0 saturated heterocycles. The number of benzene rings is 3. The van der Waals surface area contributed by atoms with Crippen LogP contribution in [0.1, 0.15) is 24.2 Å².